The lowest BCUT2D eigenvalue weighted by Crippen LogP contribution is -2.16. The van der Waals surface area contributed by atoms with Gasteiger partial charge in [-0.3, -0.25) is 4.79 Å². The minimum absolute atomic E-state index is 0.0208. The first-order valence-corrected chi connectivity index (χ1v) is 8.28. The van der Waals surface area contributed by atoms with E-state index in [4.69, 9.17) is 9.47 Å². The molecule has 0 spiro atoms. The molecule has 0 aliphatic heterocycles. The second-order valence-corrected chi connectivity index (χ2v) is 5.52. The topological polar surface area (TPSA) is 52.6 Å². The van der Waals surface area contributed by atoms with Crippen LogP contribution in [0.5, 0.6) is 5.75 Å². The molecule has 0 bridgehead atoms. The number of ketones is 1. The maximum absolute atomic E-state index is 12.8. The van der Waals surface area contributed by atoms with Gasteiger partial charge in [-0.15, -0.1) is 0 Å². The van der Waals surface area contributed by atoms with Gasteiger partial charge in [0.25, 0.3) is 0 Å². The summed E-state index contributed by atoms with van der Waals surface area (Å²) < 4.78 is 10.4. The molecule has 2 rings (SSSR count). The summed E-state index contributed by atoms with van der Waals surface area (Å²) in [4.78, 5) is 25.2. The summed E-state index contributed by atoms with van der Waals surface area (Å²) in [6.07, 6.45) is 3.24. The van der Waals surface area contributed by atoms with Crippen LogP contribution in [0.4, 0.5) is 0 Å². The molecule has 0 aliphatic rings. The van der Waals surface area contributed by atoms with E-state index in [1.807, 2.05) is 13.0 Å². The van der Waals surface area contributed by atoms with Crippen molar-refractivity contribution in [1.82, 2.24) is 0 Å². The summed E-state index contributed by atoms with van der Waals surface area (Å²) in [5, 5.41) is 0. The van der Waals surface area contributed by atoms with E-state index in [2.05, 4.69) is 0 Å². The molecular weight excluding hydrogens is 316 g/mol. The van der Waals surface area contributed by atoms with Gasteiger partial charge in [0.2, 0.25) is 0 Å². The predicted octanol–water partition coefficient (Wildman–Crippen LogP) is 4.30. The van der Waals surface area contributed by atoms with Crippen LogP contribution in [0.15, 0.2) is 60.2 Å². The summed E-state index contributed by atoms with van der Waals surface area (Å²) in [6.45, 7) is 2.31. The number of hydrogen-bond donors (Lipinski definition) is 0. The van der Waals surface area contributed by atoms with Gasteiger partial charge in [0.05, 0.1) is 13.7 Å². The molecule has 0 atom stereocenters. The van der Waals surface area contributed by atoms with Gasteiger partial charge in [0, 0.05) is 5.56 Å². The van der Waals surface area contributed by atoms with Crippen LogP contribution in [0.3, 0.4) is 0 Å². The van der Waals surface area contributed by atoms with Crippen molar-refractivity contribution in [3.8, 4) is 5.75 Å². The van der Waals surface area contributed by atoms with Crippen molar-refractivity contribution >= 4 is 17.8 Å². The van der Waals surface area contributed by atoms with E-state index < -0.39 is 5.97 Å². The van der Waals surface area contributed by atoms with Crippen LogP contribution in [0, 0.1) is 0 Å². The Kier molecular flexibility index (Phi) is 6.96. The second-order valence-electron chi connectivity index (χ2n) is 5.52. The van der Waals surface area contributed by atoms with Gasteiger partial charge < -0.3 is 9.47 Å². The Morgan fingerprint density at radius 2 is 1.68 bits per heavy atom. The van der Waals surface area contributed by atoms with Crippen molar-refractivity contribution in [2.75, 3.05) is 13.7 Å². The Labute approximate surface area is 148 Å². The molecule has 0 N–H and O–H groups in total. The Morgan fingerprint density at radius 1 is 1.00 bits per heavy atom. The smallest absolute Gasteiger partial charge is 0.342 e. The first-order chi connectivity index (χ1) is 12.2. The summed E-state index contributed by atoms with van der Waals surface area (Å²) in [6, 6.07) is 15.8. The number of methoxy groups -OCH3 is 1. The molecule has 0 saturated carbocycles. The van der Waals surface area contributed by atoms with E-state index in [-0.39, 0.29) is 11.4 Å². The third kappa shape index (κ3) is 5.31. The highest BCUT2D eigenvalue weighted by Crippen LogP contribution is 2.17. The molecule has 0 aliphatic carbocycles. The maximum atomic E-state index is 12.8. The molecule has 0 unspecified atom stereocenters. The number of rotatable bonds is 8. The molecule has 25 heavy (non-hydrogen) atoms. The molecule has 4 nitrogen and oxygen atoms in total. The lowest BCUT2D eigenvalue weighted by atomic mass is 10.0. The number of carbonyl (C=O) groups is 2. The summed E-state index contributed by atoms with van der Waals surface area (Å²) in [7, 11) is 1.58. The zero-order valence-corrected chi connectivity index (χ0v) is 14.5. The molecule has 0 fully saturated rings. The molecule has 4 heteroatoms. The van der Waals surface area contributed by atoms with Crippen molar-refractivity contribution in [2.45, 2.75) is 19.8 Å². The predicted molar refractivity (Wildman–Crippen MR) is 97.6 cm³/mol. The van der Waals surface area contributed by atoms with E-state index in [9.17, 15) is 9.59 Å². The van der Waals surface area contributed by atoms with Gasteiger partial charge in [-0.1, -0.05) is 55.8 Å². The van der Waals surface area contributed by atoms with Crippen LogP contribution >= 0.6 is 0 Å². The Bertz CT molecular complexity index is 730. The largest absolute Gasteiger partial charge is 0.497 e. The molecule has 0 amide bonds. The minimum atomic E-state index is -0.599. The fourth-order valence-electron chi connectivity index (χ4n) is 2.22. The summed E-state index contributed by atoms with van der Waals surface area (Å²) in [5.41, 5.74) is 1.20. The van der Waals surface area contributed by atoms with Gasteiger partial charge in [-0.2, -0.15) is 0 Å². The summed E-state index contributed by atoms with van der Waals surface area (Å²) in [5.74, 6) is -0.241. The van der Waals surface area contributed by atoms with E-state index in [0.717, 1.165) is 18.4 Å². The molecule has 2 aromatic rings. The molecule has 0 heterocycles. The Hall–Kier alpha value is -2.88. The average molecular weight is 338 g/mol. The number of carbonyl (C=O) groups excluding carboxylic acids is 2. The van der Waals surface area contributed by atoms with Crippen LogP contribution in [0.2, 0.25) is 0 Å². The van der Waals surface area contributed by atoms with Crippen molar-refractivity contribution in [3.63, 3.8) is 0 Å². The third-order valence-corrected chi connectivity index (χ3v) is 3.66. The first-order valence-electron chi connectivity index (χ1n) is 8.28. The van der Waals surface area contributed by atoms with E-state index in [1.54, 1.807) is 61.7 Å². The van der Waals surface area contributed by atoms with E-state index in [0.29, 0.717) is 17.9 Å². The standard InChI is InChI=1S/C21H22O4/c1-3-4-14-25-21(23)19(20(22)17-8-6-5-7-9-17)15-16-10-12-18(24-2)13-11-16/h5-13,15H,3-4,14H2,1-2H3. The quantitative estimate of drug-likeness (QED) is 0.180. The SMILES string of the molecule is CCCCOC(=O)C(=Cc1ccc(OC)cc1)C(=O)c1ccccc1. The molecule has 130 valence electrons. The number of Topliss-reactive ketones (excluding diaryl/α,β-unsaturated/α-hetero) is 1. The number of unbranched alkanes of at least 4 members (excludes halogenated alkanes) is 1. The second kappa shape index (κ2) is 9.42. The van der Waals surface area contributed by atoms with Crippen LogP contribution in [0.1, 0.15) is 35.7 Å². The zero-order chi connectivity index (χ0) is 18.1. The van der Waals surface area contributed by atoms with E-state index in [1.165, 1.54) is 0 Å². The maximum Gasteiger partial charge on any atom is 0.342 e. The fraction of sp³-hybridized carbons (Fsp3) is 0.238. The highest BCUT2D eigenvalue weighted by atomic mass is 16.5. The van der Waals surface area contributed by atoms with Gasteiger partial charge in [0.15, 0.2) is 5.78 Å². The van der Waals surface area contributed by atoms with Crippen LogP contribution < -0.4 is 4.74 Å². The van der Waals surface area contributed by atoms with Crippen LogP contribution in [-0.4, -0.2) is 25.5 Å². The number of benzene rings is 2. The van der Waals surface area contributed by atoms with E-state index >= 15 is 0 Å². The fourth-order valence-corrected chi connectivity index (χ4v) is 2.22. The monoisotopic (exact) mass is 338 g/mol. The van der Waals surface area contributed by atoms with Crippen LogP contribution in [-0.2, 0) is 9.53 Å². The number of ether oxygens (including phenoxy) is 2. The van der Waals surface area contributed by atoms with Gasteiger partial charge in [-0.25, -0.2) is 4.79 Å². The molecule has 0 aromatic heterocycles. The zero-order valence-electron chi connectivity index (χ0n) is 14.5. The van der Waals surface area contributed by atoms with Crippen molar-refractivity contribution in [3.05, 3.63) is 71.3 Å². The van der Waals surface area contributed by atoms with Gasteiger partial charge >= 0.3 is 5.97 Å². The van der Waals surface area contributed by atoms with Gasteiger partial charge in [0.1, 0.15) is 11.3 Å². The van der Waals surface area contributed by atoms with Gasteiger partial charge in [-0.05, 0) is 30.2 Å². The number of hydrogen-bond acceptors (Lipinski definition) is 4. The normalized spacial score (nSPS) is 11.0. The minimum Gasteiger partial charge on any atom is -0.497 e. The molecule has 0 saturated heterocycles. The van der Waals surface area contributed by atoms with Crippen LogP contribution in [0.25, 0.3) is 6.08 Å². The average Bonchev–Trinajstić information content (AvgIpc) is 2.67. The highest BCUT2D eigenvalue weighted by molar-refractivity contribution is 6.26. The summed E-state index contributed by atoms with van der Waals surface area (Å²) >= 11 is 0. The third-order valence-electron chi connectivity index (χ3n) is 3.66. The van der Waals surface area contributed by atoms with Crippen molar-refractivity contribution in [1.29, 1.82) is 0 Å². The van der Waals surface area contributed by atoms with Crippen molar-refractivity contribution < 1.29 is 19.1 Å². The Balaban J connectivity index is 2.31. The molecule has 2 aromatic carbocycles. The lowest BCUT2D eigenvalue weighted by Gasteiger charge is -2.08. The number of esters is 1. The Morgan fingerprint density at radius 3 is 2.28 bits per heavy atom. The lowest BCUT2D eigenvalue weighted by molar-refractivity contribution is -0.138. The molecular formula is C21H22O4. The molecule has 0 radical (unpaired) electrons. The first kappa shape index (κ1) is 18.5. The van der Waals surface area contributed by atoms with Crippen molar-refractivity contribution in [2.24, 2.45) is 0 Å². The highest BCUT2D eigenvalue weighted by Gasteiger charge is 2.21.